The largest absolute Gasteiger partial charge is 0.496 e. The zero-order valence-electron chi connectivity index (χ0n) is 12.6. The maximum atomic E-state index is 12.2. The summed E-state index contributed by atoms with van der Waals surface area (Å²) in [7, 11) is 3.61. The zero-order chi connectivity index (χ0) is 14.5. The van der Waals surface area contributed by atoms with Crippen LogP contribution in [0.2, 0.25) is 0 Å². The van der Waals surface area contributed by atoms with Gasteiger partial charge in [0, 0.05) is 24.6 Å². The number of rotatable bonds is 5. The third-order valence-electron chi connectivity index (χ3n) is 4.06. The summed E-state index contributed by atoms with van der Waals surface area (Å²) in [6.07, 6.45) is 2.10. The van der Waals surface area contributed by atoms with E-state index >= 15 is 0 Å². The predicted octanol–water partition coefficient (Wildman–Crippen LogP) is 2.21. The van der Waals surface area contributed by atoms with Gasteiger partial charge in [0.25, 0.3) is 0 Å². The second-order valence-electron chi connectivity index (χ2n) is 5.41. The lowest BCUT2D eigenvalue weighted by Crippen LogP contribution is -2.44. The third-order valence-corrected chi connectivity index (χ3v) is 4.06. The van der Waals surface area contributed by atoms with Crippen LogP contribution in [-0.4, -0.2) is 38.1 Å². The van der Waals surface area contributed by atoms with Gasteiger partial charge in [0.05, 0.1) is 13.2 Å². The summed E-state index contributed by atoms with van der Waals surface area (Å²) >= 11 is 0. The number of carbonyl (C=O) groups excluding carboxylic acids is 1. The summed E-state index contributed by atoms with van der Waals surface area (Å²) in [5, 5.41) is 3.30. The number of benzene rings is 1. The molecule has 0 spiro atoms. The summed E-state index contributed by atoms with van der Waals surface area (Å²) in [4.78, 5) is 14.2. The lowest BCUT2D eigenvalue weighted by molar-refractivity contribution is -0.138. The van der Waals surface area contributed by atoms with Crippen LogP contribution >= 0.6 is 0 Å². The van der Waals surface area contributed by atoms with E-state index in [1.54, 1.807) is 7.11 Å². The summed E-state index contributed by atoms with van der Waals surface area (Å²) < 4.78 is 5.42. The second-order valence-corrected chi connectivity index (χ2v) is 5.41. The number of para-hydroxylation sites is 1. The molecule has 1 heterocycles. The molecule has 4 nitrogen and oxygen atoms in total. The molecule has 1 N–H and O–H groups in total. The van der Waals surface area contributed by atoms with Crippen LogP contribution in [0.25, 0.3) is 0 Å². The van der Waals surface area contributed by atoms with Gasteiger partial charge in [-0.15, -0.1) is 0 Å². The fourth-order valence-corrected chi connectivity index (χ4v) is 2.83. The first-order valence-electron chi connectivity index (χ1n) is 7.26. The van der Waals surface area contributed by atoms with Crippen LogP contribution in [0, 0.1) is 5.92 Å². The first-order chi connectivity index (χ1) is 9.67. The Hall–Kier alpha value is -1.55. The van der Waals surface area contributed by atoms with Crippen molar-refractivity contribution in [1.29, 1.82) is 0 Å². The van der Waals surface area contributed by atoms with Gasteiger partial charge in [-0.3, -0.25) is 4.79 Å². The van der Waals surface area contributed by atoms with Crippen molar-refractivity contribution in [3.63, 3.8) is 0 Å². The smallest absolute Gasteiger partial charge is 0.225 e. The summed E-state index contributed by atoms with van der Waals surface area (Å²) in [5.74, 6) is 1.29. The Bertz CT molecular complexity index is 462. The van der Waals surface area contributed by atoms with Gasteiger partial charge in [0.15, 0.2) is 0 Å². The highest BCUT2D eigenvalue weighted by atomic mass is 16.5. The second kappa shape index (κ2) is 6.75. The van der Waals surface area contributed by atoms with Crippen LogP contribution < -0.4 is 10.1 Å². The number of carbonyl (C=O) groups is 1. The zero-order valence-corrected chi connectivity index (χ0v) is 12.6. The molecule has 1 fully saturated rings. The molecule has 1 saturated heterocycles. The highest BCUT2D eigenvalue weighted by molar-refractivity contribution is 5.79. The number of ether oxygens (including phenoxy) is 1. The normalized spacial score (nSPS) is 20.9. The monoisotopic (exact) mass is 276 g/mol. The molecule has 2 atom stereocenters. The highest BCUT2D eigenvalue weighted by Crippen LogP contribution is 2.27. The fraction of sp³-hybridized carbons (Fsp3) is 0.562. The molecule has 0 aliphatic carbocycles. The number of likely N-dealkylation sites (tertiary alicyclic amines) is 1. The molecule has 1 aliphatic heterocycles. The van der Waals surface area contributed by atoms with Gasteiger partial charge in [0.1, 0.15) is 5.75 Å². The van der Waals surface area contributed by atoms with Gasteiger partial charge in [-0.2, -0.15) is 0 Å². The summed E-state index contributed by atoms with van der Waals surface area (Å²) in [5.41, 5.74) is 1.10. The van der Waals surface area contributed by atoms with Crippen molar-refractivity contribution in [3.05, 3.63) is 29.8 Å². The van der Waals surface area contributed by atoms with Crippen LogP contribution in [0.1, 0.15) is 31.4 Å². The molecule has 0 bridgehead atoms. The lowest BCUT2D eigenvalue weighted by Gasteiger charge is -2.34. The fourth-order valence-electron chi connectivity index (χ4n) is 2.83. The molecular weight excluding hydrogens is 252 g/mol. The molecule has 1 aliphatic rings. The van der Waals surface area contributed by atoms with E-state index in [1.807, 2.05) is 37.1 Å². The Balaban J connectivity index is 2.14. The standard InChI is InChI=1S/C16H24N2O2/c1-12-7-6-10-18(16(12)19)11-14(17-2)13-8-4-5-9-15(13)20-3/h4-5,8-9,12,14,17H,6-7,10-11H2,1-3H3. The number of hydrogen-bond acceptors (Lipinski definition) is 3. The first-order valence-corrected chi connectivity index (χ1v) is 7.26. The van der Waals surface area contributed by atoms with E-state index in [0.29, 0.717) is 6.54 Å². The Morgan fingerprint density at radius 3 is 2.90 bits per heavy atom. The third kappa shape index (κ3) is 3.12. The summed E-state index contributed by atoms with van der Waals surface area (Å²) in [6.45, 7) is 3.57. The van der Waals surface area contributed by atoms with E-state index in [2.05, 4.69) is 11.4 Å². The predicted molar refractivity (Wildman–Crippen MR) is 79.8 cm³/mol. The average Bonchev–Trinajstić information content (AvgIpc) is 2.49. The van der Waals surface area contributed by atoms with Crippen LogP contribution in [0.4, 0.5) is 0 Å². The van der Waals surface area contributed by atoms with E-state index in [4.69, 9.17) is 4.74 Å². The van der Waals surface area contributed by atoms with E-state index in [9.17, 15) is 4.79 Å². The van der Waals surface area contributed by atoms with Crippen molar-refractivity contribution < 1.29 is 9.53 Å². The minimum absolute atomic E-state index is 0.0976. The van der Waals surface area contributed by atoms with Gasteiger partial charge in [-0.05, 0) is 26.0 Å². The Kier molecular flexibility index (Phi) is 5.01. The van der Waals surface area contributed by atoms with Crippen molar-refractivity contribution in [3.8, 4) is 5.75 Å². The van der Waals surface area contributed by atoms with E-state index < -0.39 is 0 Å². The van der Waals surface area contributed by atoms with Gasteiger partial charge in [-0.1, -0.05) is 25.1 Å². The molecule has 0 aromatic heterocycles. The molecule has 2 rings (SSSR count). The Morgan fingerprint density at radius 1 is 1.45 bits per heavy atom. The molecule has 1 amide bonds. The minimum atomic E-state index is 0.0976. The number of nitrogens with one attached hydrogen (secondary N) is 1. The van der Waals surface area contributed by atoms with Crippen molar-refractivity contribution >= 4 is 5.91 Å². The maximum Gasteiger partial charge on any atom is 0.225 e. The number of hydrogen-bond donors (Lipinski definition) is 1. The van der Waals surface area contributed by atoms with E-state index in [1.165, 1.54) is 0 Å². The number of methoxy groups -OCH3 is 1. The van der Waals surface area contributed by atoms with Crippen molar-refractivity contribution in [1.82, 2.24) is 10.2 Å². The van der Waals surface area contributed by atoms with Crippen molar-refractivity contribution in [2.75, 3.05) is 27.2 Å². The molecule has 110 valence electrons. The molecule has 0 saturated carbocycles. The van der Waals surface area contributed by atoms with Crippen LogP contribution in [0.3, 0.4) is 0 Å². The van der Waals surface area contributed by atoms with Crippen LogP contribution in [-0.2, 0) is 4.79 Å². The number of likely N-dealkylation sites (N-methyl/N-ethyl adjacent to an activating group) is 1. The quantitative estimate of drug-likeness (QED) is 0.896. The van der Waals surface area contributed by atoms with E-state index in [0.717, 1.165) is 30.7 Å². The molecule has 2 unspecified atom stereocenters. The van der Waals surface area contributed by atoms with Crippen LogP contribution in [0.5, 0.6) is 5.75 Å². The van der Waals surface area contributed by atoms with Crippen molar-refractivity contribution in [2.24, 2.45) is 5.92 Å². The number of nitrogens with zero attached hydrogens (tertiary/aromatic N) is 1. The lowest BCUT2D eigenvalue weighted by atomic mass is 9.97. The Labute approximate surface area is 121 Å². The minimum Gasteiger partial charge on any atom is -0.496 e. The topological polar surface area (TPSA) is 41.6 Å². The maximum absolute atomic E-state index is 12.2. The van der Waals surface area contributed by atoms with E-state index in [-0.39, 0.29) is 17.9 Å². The Morgan fingerprint density at radius 2 is 2.20 bits per heavy atom. The first kappa shape index (κ1) is 14.9. The molecule has 1 aromatic rings. The molecule has 4 heteroatoms. The van der Waals surface area contributed by atoms with Gasteiger partial charge < -0.3 is 15.0 Å². The van der Waals surface area contributed by atoms with Gasteiger partial charge in [0.2, 0.25) is 5.91 Å². The number of piperidine rings is 1. The highest BCUT2D eigenvalue weighted by Gasteiger charge is 2.27. The van der Waals surface area contributed by atoms with Gasteiger partial charge in [-0.25, -0.2) is 0 Å². The number of amides is 1. The molecular formula is C16H24N2O2. The molecule has 20 heavy (non-hydrogen) atoms. The molecule has 0 radical (unpaired) electrons. The van der Waals surface area contributed by atoms with Gasteiger partial charge >= 0.3 is 0 Å². The molecule has 1 aromatic carbocycles. The van der Waals surface area contributed by atoms with Crippen molar-refractivity contribution in [2.45, 2.75) is 25.8 Å². The summed E-state index contributed by atoms with van der Waals surface area (Å²) in [6, 6.07) is 8.07. The van der Waals surface area contributed by atoms with Crippen LogP contribution in [0.15, 0.2) is 24.3 Å². The SMILES string of the molecule is CNC(CN1CCCC(C)C1=O)c1ccccc1OC. The average molecular weight is 276 g/mol.